The number of nitro groups is 1. The van der Waals surface area contributed by atoms with Crippen LogP contribution in [-0.2, 0) is 9.53 Å². The van der Waals surface area contributed by atoms with Gasteiger partial charge >= 0.3 is 5.97 Å². The highest BCUT2D eigenvalue weighted by molar-refractivity contribution is 6.13. The topological polar surface area (TPSA) is 108 Å². The molecule has 3 aromatic rings. The highest BCUT2D eigenvalue weighted by Crippen LogP contribution is 2.24. The van der Waals surface area contributed by atoms with E-state index in [0.29, 0.717) is 28.0 Å². The number of nitro benzene ring substituents is 1. The first-order valence-electron chi connectivity index (χ1n) is 10.00. The number of hydrogen-bond donors (Lipinski definition) is 0. The third-order valence-corrected chi connectivity index (χ3v) is 4.92. The number of hydrogen-bond acceptors (Lipinski definition) is 7. The lowest BCUT2D eigenvalue weighted by Gasteiger charge is -2.06. The summed E-state index contributed by atoms with van der Waals surface area (Å²) < 4.78 is 10.7. The van der Waals surface area contributed by atoms with Crippen LogP contribution in [-0.4, -0.2) is 29.2 Å². The molecule has 0 aliphatic carbocycles. The minimum atomic E-state index is -0.651. The Labute approximate surface area is 189 Å². The summed E-state index contributed by atoms with van der Waals surface area (Å²) in [6, 6.07) is 20.2. The van der Waals surface area contributed by atoms with Crippen molar-refractivity contribution in [2.24, 2.45) is 4.99 Å². The second kappa shape index (κ2) is 9.27. The largest absolute Gasteiger partial charge is 0.485 e. The van der Waals surface area contributed by atoms with E-state index in [1.54, 1.807) is 67.6 Å². The SMILES string of the molecule is Cc1ccc(C2=N/C(=C\c3ccc(OCC(=O)c4ccccc4)cc3)C(=O)O2)cc1[N+](=O)[O-]. The molecule has 33 heavy (non-hydrogen) atoms. The number of rotatable bonds is 7. The van der Waals surface area contributed by atoms with E-state index in [2.05, 4.69) is 4.99 Å². The first-order chi connectivity index (χ1) is 15.9. The molecular formula is C25H18N2O6. The van der Waals surface area contributed by atoms with Crippen molar-refractivity contribution < 1.29 is 24.0 Å². The first-order valence-corrected chi connectivity index (χ1v) is 10.00. The van der Waals surface area contributed by atoms with Gasteiger partial charge in [-0.2, -0.15) is 0 Å². The van der Waals surface area contributed by atoms with Gasteiger partial charge in [0.25, 0.3) is 5.69 Å². The van der Waals surface area contributed by atoms with Crippen LogP contribution in [0, 0.1) is 17.0 Å². The second-order valence-corrected chi connectivity index (χ2v) is 7.24. The number of aliphatic imine (C=N–C) groups is 1. The Bertz CT molecular complexity index is 1290. The number of aryl methyl sites for hydroxylation is 1. The van der Waals surface area contributed by atoms with Gasteiger partial charge in [0, 0.05) is 22.8 Å². The molecule has 1 aliphatic heterocycles. The van der Waals surface area contributed by atoms with Gasteiger partial charge in [-0.25, -0.2) is 9.79 Å². The summed E-state index contributed by atoms with van der Waals surface area (Å²) in [5, 5.41) is 11.2. The Kier molecular flexibility index (Phi) is 6.08. The summed E-state index contributed by atoms with van der Waals surface area (Å²) in [5.74, 6) is -0.268. The fourth-order valence-electron chi connectivity index (χ4n) is 3.15. The van der Waals surface area contributed by atoms with Crippen molar-refractivity contribution in [3.8, 4) is 5.75 Å². The van der Waals surface area contributed by atoms with Crippen molar-refractivity contribution in [3.05, 3.63) is 111 Å². The summed E-state index contributed by atoms with van der Waals surface area (Å²) >= 11 is 0. The Morgan fingerprint density at radius 1 is 1.09 bits per heavy atom. The second-order valence-electron chi connectivity index (χ2n) is 7.24. The quantitative estimate of drug-likeness (QED) is 0.175. The van der Waals surface area contributed by atoms with Gasteiger partial charge in [0.15, 0.2) is 18.1 Å². The Morgan fingerprint density at radius 3 is 2.52 bits per heavy atom. The van der Waals surface area contributed by atoms with Crippen molar-refractivity contribution in [2.45, 2.75) is 6.92 Å². The van der Waals surface area contributed by atoms with Crippen LogP contribution in [0.15, 0.2) is 83.5 Å². The maximum atomic E-state index is 12.2. The van der Waals surface area contributed by atoms with Gasteiger partial charge in [-0.3, -0.25) is 14.9 Å². The predicted molar refractivity (Wildman–Crippen MR) is 121 cm³/mol. The molecule has 0 saturated heterocycles. The van der Waals surface area contributed by atoms with E-state index in [4.69, 9.17) is 9.47 Å². The molecule has 1 aliphatic rings. The van der Waals surface area contributed by atoms with E-state index in [9.17, 15) is 19.7 Å². The number of esters is 1. The summed E-state index contributed by atoms with van der Waals surface area (Å²) in [6.07, 6.45) is 1.54. The molecule has 0 saturated carbocycles. The van der Waals surface area contributed by atoms with E-state index < -0.39 is 10.9 Å². The van der Waals surface area contributed by atoms with Crippen LogP contribution in [0.25, 0.3) is 6.08 Å². The van der Waals surface area contributed by atoms with Gasteiger partial charge in [0.05, 0.1) is 4.92 Å². The monoisotopic (exact) mass is 442 g/mol. The van der Waals surface area contributed by atoms with Crippen LogP contribution < -0.4 is 4.74 Å². The Hall–Kier alpha value is -4.59. The average Bonchev–Trinajstić information content (AvgIpc) is 3.19. The number of benzene rings is 3. The van der Waals surface area contributed by atoms with Crippen LogP contribution in [0.3, 0.4) is 0 Å². The molecule has 4 rings (SSSR count). The normalized spacial score (nSPS) is 14.0. The minimum Gasteiger partial charge on any atom is -0.485 e. The van der Waals surface area contributed by atoms with Gasteiger partial charge in [-0.1, -0.05) is 48.5 Å². The molecule has 0 unspecified atom stereocenters. The lowest BCUT2D eigenvalue weighted by Crippen LogP contribution is -2.11. The molecule has 0 bridgehead atoms. The molecule has 8 heteroatoms. The zero-order chi connectivity index (χ0) is 23.4. The molecule has 0 radical (unpaired) electrons. The van der Waals surface area contributed by atoms with Crippen LogP contribution in [0.5, 0.6) is 5.75 Å². The third-order valence-electron chi connectivity index (χ3n) is 4.92. The Balaban J connectivity index is 1.46. The van der Waals surface area contributed by atoms with Crippen molar-refractivity contribution in [3.63, 3.8) is 0 Å². The molecule has 3 aromatic carbocycles. The fraction of sp³-hybridized carbons (Fsp3) is 0.0800. The molecular weight excluding hydrogens is 424 g/mol. The van der Waals surface area contributed by atoms with E-state index in [1.165, 1.54) is 12.1 Å². The molecule has 0 amide bonds. The molecule has 0 aromatic heterocycles. The standard InChI is InChI=1S/C25H18N2O6/c1-16-7-10-19(14-22(16)27(30)31)24-26-21(25(29)33-24)13-17-8-11-20(12-9-17)32-15-23(28)18-5-3-2-4-6-18/h2-14H,15H2,1H3/b21-13-. The van der Waals surface area contributed by atoms with Crippen LogP contribution >= 0.6 is 0 Å². The lowest BCUT2D eigenvalue weighted by molar-refractivity contribution is -0.385. The predicted octanol–water partition coefficient (Wildman–Crippen LogP) is 4.51. The number of carbonyl (C=O) groups excluding carboxylic acids is 2. The first kappa shape index (κ1) is 21.6. The zero-order valence-corrected chi connectivity index (χ0v) is 17.6. The number of cyclic esters (lactones) is 1. The maximum Gasteiger partial charge on any atom is 0.363 e. The van der Waals surface area contributed by atoms with Gasteiger partial charge in [0.2, 0.25) is 5.90 Å². The fourth-order valence-corrected chi connectivity index (χ4v) is 3.15. The highest BCUT2D eigenvalue weighted by Gasteiger charge is 2.25. The number of carbonyl (C=O) groups is 2. The minimum absolute atomic E-state index is 0.00808. The Morgan fingerprint density at radius 2 is 1.82 bits per heavy atom. The zero-order valence-electron chi connectivity index (χ0n) is 17.6. The van der Waals surface area contributed by atoms with E-state index in [-0.39, 0.29) is 29.7 Å². The number of ketones is 1. The number of nitrogens with zero attached hydrogens (tertiary/aromatic N) is 2. The van der Waals surface area contributed by atoms with E-state index in [1.807, 2.05) is 6.07 Å². The third kappa shape index (κ3) is 5.01. The number of ether oxygens (including phenoxy) is 2. The van der Waals surface area contributed by atoms with Crippen LogP contribution in [0.4, 0.5) is 5.69 Å². The van der Waals surface area contributed by atoms with Crippen molar-refractivity contribution in [1.29, 1.82) is 0 Å². The van der Waals surface area contributed by atoms with Crippen LogP contribution in [0.1, 0.15) is 27.0 Å². The van der Waals surface area contributed by atoms with Crippen LogP contribution in [0.2, 0.25) is 0 Å². The summed E-state index contributed by atoms with van der Waals surface area (Å²) in [7, 11) is 0. The molecule has 164 valence electrons. The molecule has 0 fully saturated rings. The van der Waals surface area contributed by atoms with Gasteiger partial charge in [0.1, 0.15) is 5.75 Å². The molecule has 1 heterocycles. The van der Waals surface area contributed by atoms with E-state index in [0.717, 1.165) is 0 Å². The summed E-state index contributed by atoms with van der Waals surface area (Å²) in [4.78, 5) is 39.2. The van der Waals surface area contributed by atoms with Gasteiger partial charge in [-0.15, -0.1) is 0 Å². The molecule has 0 N–H and O–H groups in total. The highest BCUT2D eigenvalue weighted by atomic mass is 16.6. The maximum absolute atomic E-state index is 12.2. The smallest absolute Gasteiger partial charge is 0.363 e. The average molecular weight is 442 g/mol. The lowest BCUT2D eigenvalue weighted by atomic mass is 10.1. The van der Waals surface area contributed by atoms with E-state index >= 15 is 0 Å². The van der Waals surface area contributed by atoms with Gasteiger partial charge in [-0.05, 0) is 36.8 Å². The van der Waals surface area contributed by atoms with Crippen molar-refractivity contribution in [2.75, 3.05) is 6.61 Å². The molecule has 0 spiro atoms. The molecule has 8 nitrogen and oxygen atoms in total. The summed E-state index contributed by atoms with van der Waals surface area (Å²) in [6.45, 7) is 1.54. The van der Waals surface area contributed by atoms with Gasteiger partial charge < -0.3 is 9.47 Å². The summed E-state index contributed by atoms with van der Waals surface area (Å²) in [5.41, 5.74) is 2.08. The van der Waals surface area contributed by atoms with Crippen molar-refractivity contribution >= 4 is 29.4 Å². The number of Topliss-reactive ketones (excluding diaryl/α,β-unsaturated/α-hetero) is 1. The van der Waals surface area contributed by atoms with Crippen molar-refractivity contribution in [1.82, 2.24) is 0 Å². The molecule has 0 atom stereocenters.